The van der Waals surface area contributed by atoms with Gasteiger partial charge in [0.2, 0.25) is 0 Å². The second kappa shape index (κ2) is 5.17. The second-order valence-electron chi connectivity index (χ2n) is 6.25. The van der Waals surface area contributed by atoms with Crippen molar-refractivity contribution < 1.29 is 0 Å². The molecule has 0 amide bonds. The number of likely N-dealkylation sites (tertiary alicyclic amines) is 1. The van der Waals surface area contributed by atoms with Gasteiger partial charge in [0, 0.05) is 18.5 Å². The predicted molar refractivity (Wildman–Crippen MR) is 69.7 cm³/mol. The number of rotatable bonds is 4. The molecule has 0 spiro atoms. The summed E-state index contributed by atoms with van der Waals surface area (Å²) in [7, 11) is 0. The molecule has 94 valence electrons. The molecule has 1 fully saturated rings. The van der Waals surface area contributed by atoms with Gasteiger partial charge in [-0.3, -0.25) is 5.41 Å². The Morgan fingerprint density at radius 3 is 2.25 bits per heavy atom. The molecule has 3 N–H and O–H groups in total. The number of nitrogens with two attached hydrogens (primary N) is 1. The van der Waals surface area contributed by atoms with Crippen molar-refractivity contribution in [3.8, 4) is 0 Å². The van der Waals surface area contributed by atoms with E-state index in [0.29, 0.717) is 5.84 Å². The molecule has 0 aliphatic carbocycles. The summed E-state index contributed by atoms with van der Waals surface area (Å²) in [5, 5.41) is 7.55. The zero-order chi connectivity index (χ0) is 12.3. The Kier molecular flexibility index (Phi) is 4.36. The predicted octanol–water partition coefficient (Wildman–Crippen LogP) is 2.32. The van der Waals surface area contributed by atoms with E-state index in [0.717, 1.165) is 24.8 Å². The fourth-order valence-electron chi connectivity index (χ4n) is 2.55. The molecule has 0 radical (unpaired) electrons. The van der Waals surface area contributed by atoms with E-state index in [1.165, 1.54) is 19.5 Å². The summed E-state index contributed by atoms with van der Waals surface area (Å²) in [6.07, 6.45) is 2.34. The number of piperidine rings is 1. The van der Waals surface area contributed by atoms with Crippen molar-refractivity contribution in [3.63, 3.8) is 0 Å². The number of hydrogen-bond acceptors (Lipinski definition) is 2. The van der Waals surface area contributed by atoms with Gasteiger partial charge in [0.25, 0.3) is 0 Å². The maximum Gasteiger partial charge on any atom is 0.0963 e. The first kappa shape index (κ1) is 13.5. The fraction of sp³-hybridized carbons (Fsp3) is 0.923. The highest BCUT2D eigenvalue weighted by Gasteiger charge is 2.26. The molecule has 1 aliphatic heterocycles. The van der Waals surface area contributed by atoms with E-state index < -0.39 is 0 Å². The van der Waals surface area contributed by atoms with Crippen LogP contribution < -0.4 is 5.73 Å². The Labute approximate surface area is 99.9 Å². The lowest BCUT2D eigenvalue weighted by Gasteiger charge is -2.36. The number of amidine groups is 1. The second-order valence-corrected chi connectivity index (χ2v) is 6.25. The van der Waals surface area contributed by atoms with E-state index in [1.54, 1.807) is 0 Å². The van der Waals surface area contributed by atoms with Crippen LogP contribution in [0.3, 0.4) is 0 Å². The monoisotopic (exact) mass is 225 g/mol. The van der Waals surface area contributed by atoms with Crippen LogP contribution >= 0.6 is 0 Å². The highest BCUT2D eigenvalue weighted by atomic mass is 15.1. The van der Waals surface area contributed by atoms with Gasteiger partial charge in [-0.15, -0.1) is 0 Å². The molecular formula is C13H27N3. The van der Waals surface area contributed by atoms with Crippen molar-refractivity contribution >= 4 is 5.84 Å². The Morgan fingerprint density at radius 1 is 1.31 bits per heavy atom. The lowest BCUT2D eigenvalue weighted by Crippen LogP contribution is -2.42. The summed E-state index contributed by atoms with van der Waals surface area (Å²) < 4.78 is 0. The number of nitrogens with zero attached hydrogens (tertiary/aromatic N) is 1. The van der Waals surface area contributed by atoms with E-state index in [-0.39, 0.29) is 5.41 Å². The van der Waals surface area contributed by atoms with Crippen LogP contribution in [-0.4, -0.2) is 30.4 Å². The van der Waals surface area contributed by atoms with E-state index in [4.69, 9.17) is 11.1 Å². The molecule has 0 saturated carbocycles. The van der Waals surface area contributed by atoms with Crippen LogP contribution in [-0.2, 0) is 0 Å². The van der Waals surface area contributed by atoms with Gasteiger partial charge in [0.1, 0.15) is 0 Å². The third-order valence-corrected chi connectivity index (χ3v) is 3.73. The third kappa shape index (κ3) is 3.78. The van der Waals surface area contributed by atoms with Crippen LogP contribution in [0.2, 0.25) is 0 Å². The molecule has 2 unspecified atom stereocenters. The van der Waals surface area contributed by atoms with Gasteiger partial charge < -0.3 is 10.6 Å². The van der Waals surface area contributed by atoms with Crippen molar-refractivity contribution in [1.29, 1.82) is 5.41 Å². The van der Waals surface area contributed by atoms with Gasteiger partial charge >= 0.3 is 0 Å². The van der Waals surface area contributed by atoms with Gasteiger partial charge in [0.15, 0.2) is 0 Å². The van der Waals surface area contributed by atoms with Crippen molar-refractivity contribution in [2.24, 2.45) is 23.0 Å². The largest absolute Gasteiger partial charge is 0.387 e. The molecule has 3 heteroatoms. The van der Waals surface area contributed by atoms with Crippen LogP contribution in [0.25, 0.3) is 0 Å². The van der Waals surface area contributed by atoms with Crippen LogP contribution in [0.15, 0.2) is 0 Å². The molecule has 0 aromatic rings. The summed E-state index contributed by atoms with van der Waals surface area (Å²) in [5.74, 6) is 1.93. The first-order valence-electron chi connectivity index (χ1n) is 6.38. The Morgan fingerprint density at radius 2 is 1.81 bits per heavy atom. The van der Waals surface area contributed by atoms with E-state index in [9.17, 15) is 0 Å². The van der Waals surface area contributed by atoms with Crippen molar-refractivity contribution in [1.82, 2.24) is 4.90 Å². The van der Waals surface area contributed by atoms with Crippen molar-refractivity contribution in [2.75, 3.05) is 19.6 Å². The normalized spacial score (nSPS) is 28.0. The zero-order valence-corrected chi connectivity index (χ0v) is 11.2. The first-order chi connectivity index (χ1) is 7.31. The highest BCUT2D eigenvalue weighted by molar-refractivity contribution is 5.82. The zero-order valence-electron chi connectivity index (χ0n) is 11.2. The average molecular weight is 225 g/mol. The van der Waals surface area contributed by atoms with Crippen LogP contribution in [0.5, 0.6) is 0 Å². The maximum absolute atomic E-state index is 7.55. The number of nitrogens with one attached hydrogen (secondary N) is 1. The third-order valence-electron chi connectivity index (χ3n) is 3.73. The van der Waals surface area contributed by atoms with E-state index in [2.05, 4.69) is 32.6 Å². The smallest absolute Gasteiger partial charge is 0.0963 e. The molecule has 3 nitrogen and oxygen atoms in total. The molecule has 0 aromatic carbocycles. The van der Waals surface area contributed by atoms with Crippen LogP contribution in [0, 0.1) is 22.7 Å². The molecule has 16 heavy (non-hydrogen) atoms. The average Bonchev–Trinajstić information content (AvgIpc) is 2.13. The van der Waals surface area contributed by atoms with Gasteiger partial charge in [-0.1, -0.05) is 27.7 Å². The molecular weight excluding hydrogens is 198 g/mol. The first-order valence-corrected chi connectivity index (χ1v) is 6.38. The molecule has 0 aromatic heterocycles. The summed E-state index contributed by atoms with van der Waals surface area (Å²) in [5.41, 5.74) is 5.46. The molecule has 1 saturated heterocycles. The summed E-state index contributed by atoms with van der Waals surface area (Å²) >= 11 is 0. The SMILES string of the molecule is CC1CC(C)CN(CCC(C)(C)C(=N)N)C1. The topological polar surface area (TPSA) is 53.1 Å². The minimum absolute atomic E-state index is 0.149. The Hall–Kier alpha value is -0.570. The highest BCUT2D eigenvalue weighted by Crippen LogP contribution is 2.24. The van der Waals surface area contributed by atoms with Gasteiger partial charge in [-0.25, -0.2) is 0 Å². The van der Waals surface area contributed by atoms with Gasteiger partial charge in [0.05, 0.1) is 5.84 Å². The van der Waals surface area contributed by atoms with Gasteiger partial charge in [-0.2, -0.15) is 0 Å². The summed E-state index contributed by atoms with van der Waals surface area (Å²) in [4.78, 5) is 2.53. The van der Waals surface area contributed by atoms with E-state index >= 15 is 0 Å². The molecule has 1 heterocycles. The quantitative estimate of drug-likeness (QED) is 0.570. The molecule has 1 rings (SSSR count). The molecule has 1 aliphatic rings. The minimum atomic E-state index is -0.149. The minimum Gasteiger partial charge on any atom is -0.387 e. The van der Waals surface area contributed by atoms with Gasteiger partial charge in [-0.05, 0) is 31.2 Å². The summed E-state index contributed by atoms with van der Waals surface area (Å²) in [6.45, 7) is 12.3. The fourth-order valence-corrected chi connectivity index (χ4v) is 2.55. The molecule has 2 atom stereocenters. The molecule has 0 bridgehead atoms. The lowest BCUT2D eigenvalue weighted by atomic mass is 9.86. The van der Waals surface area contributed by atoms with Crippen molar-refractivity contribution in [3.05, 3.63) is 0 Å². The van der Waals surface area contributed by atoms with Crippen molar-refractivity contribution in [2.45, 2.75) is 40.5 Å². The van der Waals surface area contributed by atoms with Crippen LogP contribution in [0.1, 0.15) is 40.5 Å². The maximum atomic E-state index is 7.55. The Balaban J connectivity index is 2.40. The number of hydrogen-bond donors (Lipinski definition) is 2. The Bertz CT molecular complexity index is 238. The standard InChI is InChI=1S/C13H27N3/c1-10-7-11(2)9-16(8-10)6-5-13(3,4)12(14)15/h10-11H,5-9H2,1-4H3,(H3,14,15). The summed E-state index contributed by atoms with van der Waals surface area (Å²) in [6, 6.07) is 0. The van der Waals surface area contributed by atoms with E-state index in [1.807, 2.05) is 0 Å². The van der Waals surface area contributed by atoms with Crippen LogP contribution in [0.4, 0.5) is 0 Å². The lowest BCUT2D eigenvalue weighted by molar-refractivity contribution is 0.131.